The Hall–Kier alpha value is -0.290. The highest BCUT2D eigenvalue weighted by Crippen LogP contribution is 2.24. The summed E-state index contributed by atoms with van der Waals surface area (Å²) in [5, 5.41) is 8.43. The Morgan fingerprint density at radius 2 is 2.12 bits per heavy atom. The molecule has 0 unspecified atom stereocenters. The van der Waals surface area contributed by atoms with Gasteiger partial charge in [-0.15, -0.1) is 12.4 Å². The molecule has 1 N–H and O–H groups in total. The third-order valence-corrected chi connectivity index (χ3v) is 2.90. The SMILES string of the molecule is COCCNCc1c(C(C)C)nn(C)c1Cl.Cl. The van der Waals surface area contributed by atoms with Crippen molar-refractivity contribution in [1.29, 1.82) is 0 Å². The van der Waals surface area contributed by atoms with Gasteiger partial charge in [0.15, 0.2) is 0 Å². The Morgan fingerprint density at radius 3 is 2.65 bits per heavy atom. The second-order valence-corrected chi connectivity index (χ2v) is 4.46. The first-order valence-corrected chi connectivity index (χ1v) is 5.86. The van der Waals surface area contributed by atoms with E-state index in [0.717, 1.165) is 24.3 Å². The van der Waals surface area contributed by atoms with Crippen LogP contribution in [0.4, 0.5) is 0 Å². The molecule has 0 saturated heterocycles. The van der Waals surface area contributed by atoms with Gasteiger partial charge in [0, 0.05) is 32.8 Å². The number of hydrogen-bond donors (Lipinski definition) is 1. The number of nitrogens with one attached hydrogen (secondary N) is 1. The third-order valence-electron chi connectivity index (χ3n) is 2.43. The molecule has 1 aromatic rings. The molecule has 4 nitrogen and oxygen atoms in total. The van der Waals surface area contributed by atoms with Crippen molar-refractivity contribution in [3.05, 3.63) is 16.4 Å². The summed E-state index contributed by atoms with van der Waals surface area (Å²) in [6.07, 6.45) is 0. The van der Waals surface area contributed by atoms with Crippen LogP contribution in [0.1, 0.15) is 31.0 Å². The fourth-order valence-electron chi connectivity index (χ4n) is 1.58. The highest BCUT2D eigenvalue weighted by Gasteiger charge is 2.16. The van der Waals surface area contributed by atoms with E-state index >= 15 is 0 Å². The lowest BCUT2D eigenvalue weighted by atomic mass is 10.1. The van der Waals surface area contributed by atoms with E-state index in [0.29, 0.717) is 17.7 Å². The van der Waals surface area contributed by atoms with Gasteiger partial charge in [0.1, 0.15) is 5.15 Å². The van der Waals surface area contributed by atoms with Crippen molar-refractivity contribution >= 4 is 24.0 Å². The third kappa shape index (κ3) is 4.47. The van der Waals surface area contributed by atoms with Crippen LogP contribution in [-0.2, 0) is 18.3 Å². The average molecular weight is 282 g/mol. The summed E-state index contributed by atoms with van der Waals surface area (Å²) in [4.78, 5) is 0. The van der Waals surface area contributed by atoms with E-state index < -0.39 is 0 Å². The molecule has 0 radical (unpaired) electrons. The van der Waals surface area contributed by atoms with Gasteiger partial charge in [-0.3, -0.25) is 4.68 Å². The molecule has 0 saturated carbocycles. The first kappa shape index (κ1) is 16.7. The number of nitrogens with zero attached hydrogens (tertiary/aromatic N) is 2. The zero-order valence-electron chi connectivity index (χ0n) is 10.8. The van der Waals surface area contributed by atoms with Crippen molar-refractivity contribution < 1.29 is 4.74 Å². The minimum Gasteiger partial charge on any atom is -0.383 e. The van der Waals surface area contributed by atoms with Gasteiger partial charge in [-0.05, 0) is 5.92 Å². The average Bonchev–Trinajstić information content (AvgIpc) is 2.52. The van der Waals surface area contributed by atoms with Gasteiger partial charge in [0.25, 0.3) is 0 Å². The Morgan fingerprint density at radius 1 is 1.47 bits per heavy atom. The Kier molecular flexibility index (Phi) is 7.79. The van der Waals surface area contributed by atoms with Crippen LogP contribution >= 0.6 is 24.0 Å². The lowest BCUT2D eigenvalue weighted by Crippen LogP contribution is -2.19. The number of aromatic nitrogens is 2. The second-order valence-electron chi connectivity index (χ2n) is 4.10. The number of aryl methyl sites for hydroxylation is 1. The summed E-state index contributed by atoms with van der Waals surface area (Å²) in [6, 6.07) is 0. The minimum atomic E-state index is 0. The lowest BCUT2D eigenvalue weighted by Gasteiger charge is -2.07. The molecule has 0 aliphatic heterocycles. The Bertz CT molecular complexity index is 340. The molecule has 0 aromatic carbocycles. The van der Waals surface area contributed by atoms with Gasteiger partial charge in [-0.1, -0.05) is 25.4 Å². The smallest absolute Gasteiger partial charge is 0.131 e. The number of halogens is 2. The molecule has 0 aliphatic carbocycles. The molecule has 1 aromatic heterocycles. The molecule has 0 aliphatic rings. The van der Waals surface area contributed by atoms with Crippen LogP contribution in [-0.4, -0.2) is 30.0 Å². The summed E-state index contributed by atoms with van der Waals surface area (Å²) >= 11 is 6.20. The normalized spacial score (nSPS) is 10.7. The van der Waals surface area contributed by atoms with Crippen LogP contribution < -0.4 is 5.32 Å². The largest absolute Gasteiger partial charge is 0.383 e. The molecule has 0 spiro atoms. The Labute approximate surface area is 114 Å². The van der Waals surface area contributed by atoms with E-state index in [1.54, 1.807) is 11.8 Å². The zero-order valence-corrected chi connectivity index (χ0v) is 12.4. The quantitative estimate of drug-likeness (QED) is 0.814. The predicted molar refractivity (Wildman–Crippen MR) is 73.1 cm³/mol. The van der Waals surface area contributed by atoms with Gasteiger partial charge in [-0.2, -0.15) is 5.10 Å². The van der Waals surface area contributed by atoms with E-state index in [4.69, 9.17) is 16.3 Å². The summed E-state index contributed by atoms with van der Waals surface area (Å²) in [5.74, 6) is 0.387. The van der Waals surface area contributed by atoms with Gasteiger partial charge in [0.05, 0.1) is 12.3 Å². The molecule has 17 heavy (non-hydrogen) atoms. The van der Waals surface area contributed by atoms with Crippen molar-refractivity contribution in [2.45, 2.75) is 26.3 Å². The van der Waals surface area contributed by atoms with E-state index in [2.05, 4.69) is 24.3 Å². The van der Waals surface area contributed by atoms with Crippen LogP contribution in [0, 0.1) is 0 Å². The molecule has 0 amide bonds. The monoisotopic (exact) mass is 281 g/mol. The molecule has 0 atom stereocenters. The molecule has 0 fully saturated rings. The molecule has 6 heteroatoms. The predicted octanol–water partition coefficient (Wildman–Crippen LogP) is 2.35. The zero-order chi connectivity index (χ0) is 12.1. The molecule has 1 heterocycles. The molecular weight excluding hydrogens is 261 g/mol. The van der Waals surface area contributed by atoms with E-state index in [1.807, 2.05) is 7.05 Å². The van der Waals surface area contributed by atoms with Crippen LogP contribution in [0.2, 0.25) is 5.15 Å². The molecule has 0 bridgehead atoms. The standard InChI is InChI=1S/C11H20ClN3O.ClH/c1-8(2)10-9(7-13-5-6-16-4)11(12)15(3)14-10;/h8,13H,5-7H2,1-4H3;1H. The molecule has 1 rings (SSSR count). The van der Waals surface area contributed by atoms with Crippen molar-refractivity contribution in [1.82, 2.24) is 15.1 Å². The number of rotatable bonds is 6. The first-order chi connectivity index (χ1) is 7.57. The van der Waals surface area contributed by atoms with Crippen LogP contribution in [0.5, 0.6) is 0 Å². The van der Waals surface area contributed by atoms with Crippen molar-refractivity contribution in [3.63, 3.8) is 0 Å². The summed E-state index contributed by atoms with van der Waals surface area (Å²) in [7, 11) is 3.56. The second kappa shape index (κ2) is 7.93. The lowest BCUT2D eigenvalue weighted by molar-refractivity contribution is 0.199. The van der Waals surface area contributed by atoms with Crippen LogP contribution in [0.3, 0.4) is 0 Å². The van der Waals surface area contributed by atoms with Crippen molar-refractivity contribution in [2.24, 2.45) is 7.05 Å². The molecule has 100 valence electrons. The van der Waals surface area contributed by atoms with Crippen molar-refractivity contribution in [2.75, 3.05) is 20.3 Å². The maximum Gasteiger partial charge on any atom is 0.131 e. The number of methoxy groups -OCH3 is 1. The number of ether oxygens (including phenoxy) is 1. The molecular formula is C11H21Cl2N3O. The maximum absolute atomic E-state index is 6.20. The Balaban J connectivity index is 0.00000256. The van der Waals surface area contributed by atoms with Gasteiger partial charge in [-0.25, -0.2) is 0 Å². The highest BCUT2D eigenvalue weighted by molar-refractivity contribution is 6.30. The number of hydrogen-bond acceptors (Lipinski definition) is 3. The maximum atomic E-state index is 6.20. The topological polar surface area (TPSA) is 39.1 Å². The summed E-state index contributed by atoms with van der Waals surface area (Å²) in [6.45, 7) is 6.51. The highest BCUT2D eigenvalue weighted by atomic mass is 35.5. The van der Waals surface area contributed by atoms with Crippen LogP contribution in [0.25, 0.3) is 0 Å². The summed E-state index contributed by atoms with van der Waals surface area (Å²) < 4.78 is 6.70. The summed E-state index contributed by atoms with van der Waals surface area (Å²) in [5.41, 5.74) is 2.16. The van der Waals surface area contributed by atoms with Gasteiger partial charge >= 0.3 is 0 Å². The van der Waals surface area contributed by atoms with Gasteiger partial charge in [0.2, 0.25) is 0 Å². The van der Waals surface area contributed by atoms with E-state index in [1.165, 1.54) is 0 Å². The van der Waals surface area contributed by atoms with Crippen molar-refractivity contribution in [3.8, 4) is 0 Å². The van der Waals surface area contributed by atoms with Gasteiger partial charge < -0.3 is 10.1 Å². The van der Waals surface area contributed by atoms with E-state index in [9.17, 15) is 0 Å². The minimum absolute atomic E-state index is 0. The van der Waals surface area contributed by atoms with E-state index in [-0.39, 0.29) is 12.4 Å². The first-order valence-electron chi connectivity index (χ1n) is 5.48. The van der Waals surface area contributed by atoms with Crippen LogP contribution in [0.15, 0.2) is 0 Å². The fraction of sp³-hybridized carbons (Fsp3) is 0.727. The fourth-order valence-corrected chi connectivity index (χ4v) is 1.78.